The third kappa shape index (κ3) is 1.73. The molecule has 0 aliphatic heterocycles. The predicted molar refractivity (Wildman–Crippen MR) is 65.0 cm³/mol. The van der Waals surface area contributed by atoms with E-state index in [4.69, 9.17) is 5.73 Å². The molecule has 0 radical (unpaired) electrons. The highest BCUT2D eigenvalue weighted by molar-refractivity contribution is 5.66. The molecule has 2 heterocycles. The van der Waals surface area contributed by atoms with Gasteiger partial charge in [0.2, 0.25) is 0 Å². The normalized spacial score (nSPS) is 10.9. The van der Waals surface area contributed by atoms with E-state index in [1.807, 2.05) is 24.3 Å². The summed E-state index contributed by atoms with van der Waals surface area (Å²) < 4.78 is 14.7. The van der Waals surface area contributed by atoms with Crippen molar-refractivity contribution in [2.75, 3.05) is 5.73 Å². The number of hydrogen-bond donors (Lipinski definition) is 1. The maximum Gasteiger partial charge on any atom is 0.139 e. The summed E-state index contributed by atoms with van der Waals surface area (Å²) in [4.78, 5) is 4.41. The predicted octanol–water partition coefficient (Wildman–Crippen LogP) is 2.72. The zero-order valence-corrected chi connectivity index (χ0v) is 8.97. The maximum absolute atomic E-state index is 13.0. The van der Waals surface area contributed by atoms with E-state index in [2.05, 4.69) is 4.98 Å². The topological polar surface area (TPSA) is 43.3 Å². The lowest BCUT2D eigenvalue weighted by Gasteiger charge is -1.96. The van der Waals surface area contributed by atoms with Crippen LogP contribution in [0.5, 0.6) is 0 Å². The number of anilines is 1. The summed E-state index contributed by atoms with van der Waals surface area (Å²) in [7, 11) is 0. The molecular formula is C13H10FN3. The molecule has 0 aliphatic carbocycles. The highest BCUT2D eigenvalue weighted by atomic mass is 19.1. The molecule has 0 saturated carbocycles. The van der Waals surface area contributed by atoms with Gasteiger partial charge in [-0.15, -0.1) is 0 Å². The summed E-state index contributed by atoms with van der Waals surface area (Å²) in [6, 6.07) is 10.5. The molecule has 3 rings (SSSR count). The van der Waals surface area contributed by atoms with Crippen molar-refractivity contribution < 1.29 is 4.39 Å². The number of aromatic nitrogens is 2. The van der Waals surface area contributed by atoms with Gasteiger partial charge in [-0.1, -0.05) is 12.1 Å². The Bertz CT molecular complexity index is 688. The van der Waals surface area contributed by atoms with Gasteiger partial charge in [-0.25, -0.2) is 9.37 Å². The lowest BCUT2D eigenvalue weighted by molar-refractivity contribution is 0.619. The Balaban J connectivity index is 2.18. The number of fused-ring (bicyclic) bond motifs is 1. The van der Waals surface area contributed by atoms with Crippen LogP contribution in [-0.2, 0) is 0 Å². The Morgan fingerprint density at radius 2 is 2.00 bits per heavy atom. The van der Waals surface area contributed by atoms with Crippen molar-refractivity contribution in [2.45, 2.75) is 0 Å². The molecule has 0 unspecified atom stereocenters. The van der Waals surface area contributed by atoms with Crippen molar-refractivity contribution in [2.24, 2.45) is 0 Å². The Kier molecular flexibility index (Phi) is 2.08. The number of pyridine rings is 1. The van der Waals surface area contributed by atoms with Gasteiger partial charge < -0.3 is 10.1 Å². The van der Waals surface area contributed by atoms with E-state index < -0.39 is 0 Å². The first-order valence-corrected chi connectivity index (χ1v) is 5.22. The van der Waals surface area contributed by atoms with Crippen molar-refractivity contribution in [3.63, 3.8) is 0 Å². The van der Waals surface area contributed by atoms with Crippen LogP contribution in [0.25, 0.3) is 16.9 Å². The lowest BCUT2D eigenvalue weighted by atomic mass is 10.1. The van der Waals surface area contributed by atoms with Crippen LogP contribution >= 0.6 is 0 Å². The van der Waals surface area contributed by atoms with Gasteiger partial charge >= 0.3 is 0 Å². The van der Waals surface area contributed by atoms with Crippen LogP contribution in [-0.4, -0.2) is 9.38 Å². The number of imidazole rings is 1. The quantitative estimate of drug-likeness (QED) is 0.649. The van der Waals surface area contributed by atoms with E-state index in [1.54, 1.807) is 16.7 Å². The Morgan fingerprint density at radius 1 is 1.12 bits per heavy atom. The minimum atomic E-state index is -0.283. The molecule has 0 amide bonds. The molecule has 0 bridgehead atoms. The van der Waals surface area contributed by atoms with Crippen LogP contribution in [0.15, 0.2) is 48.8 Å². The monoisotopic (exact) mass is 227 g/mol. The zero-order valence-electron chi connectivity index (χ0n) is 8.97. The molecule has 0 atom stereocenters. The number of nitrogens with two attached hydrogens (primary N) is 1. The Labute approximate surface area is 97.3 Å². The molecule has 1 aromatic carbocycles. The van der Waals surface area contributed by atoms with Gasteiger partial charge in [0.15, 0.2) is 0 Å². The van der Waals surface area contributed by atoms with Gasteiger partial charge in [0.1, 0.15) is 11.5 Å². The second kappa shape index (κ2) is 3.59. The van der Waals surface area contributed by atoms with Gasteiger partial charge in [0, 0.05) is 23.6 Å². The molecule has 3 nitrogen and oxygen atoms in total. The van der Waals surface area contributed by atoms with Gasteiger partial charge in [0.05, 0.1) is 5.69 Å². The summed E-state index contributed by atoms with van der Waals surface area (Å²) in [6.07, 6.45) is 3.19. The van der Waals surface area contributed by atoms with E-state index in [-0.39, 0.29) is 5.82 Å². The first kappa shape index (κ1) is 9.84. The average Bonchev–Trinajstić information content (AvgIpc) is 2.72. The number of halogens is 1. The fourth-order valence-electron chi connectivity index (χ4n) is 1.80. The van der Waals surface area contributed by atoms with Crippen molar-refractivity contribution in [3.8, 4) is 11.3 Å². The van der Waals surface area contributed by atoms with Crippen LogP contribution in [0, 0.1) is 5.82 Å². The average molecular weight is 227 g/mol. The van der Waals surface area contributed by atoms with Gasteiger partial charge in [-0.05, 0) is 24.3 Å². The Hall–Kier alpha value is -2.36. The summed E-state index contributed by atoms with van der Waals surface area (Å²) >= 11 is 0. The summed E-state index contributed by atoms with van der Waals surface area (Å²) in [5.74, 6) is -0.283. The van der Waals surface area contributed by atoms with E-state index in [1.165, 1.54) is 12.3 Å². The summed E-state index contributed by atoms with van der Waals surface area (Å²) in [5, 5.41) is 0. The summed E-state index contributed by atoms with van der Waals surface area (Å²) in [5.41, 5.74) is 8.82. The van der Waals surface area contributed by atoms with Crippen LogP contribution < -0.4 is 5.73 Å². The maximum atomic E-state index is 13.0. The molecule has 2 aromatic heterocycles. The lowest BCUT2D eigenvalue weighted by Crippen LogP contribution is -1.84. The minimum Gasteiger partial charge on any atom is -0.399 e. The van der Waals surface area contributed by atoms with Gasteiger partial charge in [-0.2, -0.15) is 0 Å². The van der Waals surface area contributed by atoms with E-state index in [0.29, 0.717) is 11.3 Å². The fraction of sp³-hybridized carbons (Fsp3) is 0. The van der Waals surface area contributed by atoms with Crippen molar-refractivity contribution in [1.82, 2.24) is 9.38 Å². The molecule has 3 aromatic rings. The number of rotatable bonds is 1. The van der Waals surface area contributed by atoms with Crippen LogP contribution in [0.4, 0.5) is 10.1 Å². The van der Waals surface area contributed by atoms with Crippen LogP contribution in [0.1, 0.15) is 0 Å². The Morgan fingerprint density at radius 3 is 2.82 bits per heavy atom. The van der Waals surface area contributed by atoms with Crippen molar-refractivity contribution in [3.05, 3.63) is 54.6 Å². The van der Waals surface area contributed by atoms with Crippen molar-refractivity contribution in [1.29, 1.82) is 0 Å². The van der Waals surface area contributed by atoms with E-state index >= 15 is 0 Å². The third-order valence-corrected chi connectivity index (χ3v) is 2.60. The largest absolute Gasteiger partial charge is 0.399 e. The molecule has 2 N–H and O–H groups in total. The minimum absolute atomic E-state index is 0.283. The van der Waals surface area contributed by atoms with Crippen LogP contribution in [0.2, 0.25) is 0 Å². The molecule has 0 spiro atoms. The summed E-state index contributed by atoms with van der Waals surface area (Å²) in [6.45, 7) is 0. The molecular weight excluding hydrogens is 217 g/mol. The van der Waals surface area contributed by atoms with Crippen molar-refractivity contribution >= 4 is 11.3 Å². The van der Waals surface area contributed by atoms with E-state index in [9.17, 15) is 4.39 Å². The third-order valence-electron chi connectivity index (χ3n) is 2.60. The zero-order chi connectivity index (χ0) is 11.8. The van der Waals surface area contributed by atoms with Gasteiger partial charge in [0.25, 0.3) is 0 Å². The second-order valence-corrected chi connectivity index (χ2v) is 3.86. The smallest absolute Gasteiger partial charge is 0.139 e. The van der Waals surface area contributed by atoms with E-state index in [0.717, 1.165) is 11.3 Å². The first-order chi connectivity index (χ1) is 8.22. The number of benzene rings is 1. The number of nitrogen functional groups attached to an aromatic ring is 1. The molecule has 0 saturated heterocycles. The van der Waals surface area contributed by atoms with Gasteiger partial charge in [-0.3, -0.25) is 0 Å². The fourth-order valence-corrected chi connectivity index (χ4v) is 1.80. The second-order valence-electron chi connectivity index (χ2n) is 3.86. The molecule has 4 heteroatoms. The van der Waals surface area contributed by atoms with Crippen LogP contribution in [0.3, 0.4) is 0 Å². The number of hydrogen-bond acceptors (Lipinski definition) is 2. The first-order valence-electron chi connectivity index (χ1n) is 5.22. The molecule has 0 aliphatic rings. The molecule has 84 valence electrons. The molecule has 17 heavy (non-hydrogen) atoms. The number of nitrogens with zero attached hydrogens (tertiary/aromatic N) is 2. The highest BCUT2D eigenvalue weighted by Crippen LogP contribution is 2.21. The molecule has 0 fully saturated rings. The highest BCUT2D eigenvalue weighted by Gasteiger charge is 2.04. The standard InChI is InChI=1S/C13H10FN3/c14-10-4-5-13-16-12(8-17(13)7-10)9-2-1-3-11(15)6-9/h1-8H,15H2. The SMILES string of the molecule is Nc1cccc(-c2cn3cc(F)ccc3n2)c1.